The van der Waals surface area contributed by atoms with Gasteiger partial charge in [-0.15, -0.1) is 0 Å². The van der Waals surface area contributed by atoms with Crippen LogP contribution in [0.25, 0.3) is 0 Å². The van der Waals surface area contributed by atoms with Gasteiger partial charge in [-0.05, 0) is 60.7 Å². The third-order valence-corrected chi connectivity index (χ3v) is 6.52. The molecule has 3 aromatic rings. The van der Waals surface area contributed by atoms with Crippen molar-refractivity contribution in [2.24, 2.45) is 5.92 Å². The van der Waals surface area contributed by atoms with Gasteiger partial charge < -0.3 is 19.4 Å². The maximum atomic E-state index is 13.0. The number of aromatic nitrogens is 1. The lowest BCUT2D eigenvalue weighted by Crippen LogP contribution is -2.25. The fourth-order valence-electron chi connectivity index (χ4n) is 3.65. The van der Waals surface area contributed by atoms with Crippen LogP contribution in [0.1, 0.15) is 46.0 Å². The van der Waals surface area contributed by atoms with Gasteiger partial charge in [-0.3, -0.25) is 0 Å². The highest BCUT2D eigenvalue weighted by molar-refractivity contribution is 6.35. The summed E-state index contributed by atoms with van der Waals surface area (Å²) in [5.74, 6) is -0.936. The van der Waals surface area contributed by atoms with Crippen molar-refractivity contribution in [1.29, 1.82) is 0 Å². The number of alkyl halides is 5. The molecule has 1 aliphatic carbocycles. The number of halogens is 7. The zero-order valence-corrected chi connectivity index (χ0v) is 21.4. The minimum atomic E-state index is -4.59. The largest absolute Gasteiger partial charge is 0.619 e. The molecular formula is C26H20Cl2F5NO5. The Morgan fingerprint density at radius 3 is 2.23 bits per heavy atom. The second-order valence-corrected chi connectivity index (χ2v) is 9.62. The van der Waals surface area contributed by atoms with Gasteiger partial charge in [0, 0.05) is 12.0 Å². The van der Waals surface area contributed by atoms with Crippen molar-refractivity contribution < 1.29 is 45.7 Å². The molecule has 2 aromatic carbocycles. The van der Waals surface area contributed by atoms with Gasteiger partial charge in [-0.2, -0.15) is 26.7 Å². The fraction of sp³-hybridized carbons (Fsp3) is 0.308. The summed E-state index contributed by atoms with van der Waals surface area (Å²) in [6.07, 6.45) is -1.97. The van der Waals surface area contributed by atoms with Gasteiger partial charge in [0.2, 0.25) is 0 Å². The molecule has 1 fully saturated rings. The summed E-state index contributed by atoms with van der Waals surface area (Å²) in [6, 6.07) is 7.37. The van der Waals surface area contributed by atoms with E-state index in [-0.39, 0.29) is 57.2 Å². The van der Waals surface area contributed by atoms with Gasteiger partial charge in [-0.25, -0.2) is 4.79 Å². The average molecular weight is 592 g/mol. The Morgan fingerprint density at radius 1 is 1.03 bits per heavy atom. The lowest BCUT2D eigenvalue weighted by Gasteiger charge is -2.21. The molecule has 0 spiro atoms. The molecule has 4 rings (SSSR count). The number of hydrogen-bond donors (Lipinski definition) is 0. The van der Waals surface area contributed by atoms with E-state index in [1.165, 1.54) is 18.2 Å². The Morgan fingerprint density at radius 2 is 1.67 bits per heavy atom. The average Bonchev–Trinajstić information content (AvgIpc) is 3.68. The Labute approximate surface area is 229 Å². The lowest BCUT2D eigenvalue weighted by molar-refractivity contribution is -0.605. The van der Waals surface area contributed by atoms with E-state index >= 15 is 0 Å². The number of rotatable bonds is 10. The van der Waals surface area contributed by atoms with E-state index < -0.39 is 30.4 Å². The third-order valence-electron chi connectivity index (χ3n) is 5.87. The molecule has 1 atom stereocenters. The first-order valence-corrected chi connectivity index (χ1v) is 12.3. The number of ether oxygens (including phenoxy) is 3. The second kappa shape index (κ2) is 11.8. The molecule has 0 aliphatic heterocycles. The number of carbonyl (C=O) groups is 1. The summed E-state index contributed by atoms with van der Waals surface area (Å²) in [5.41, 5.74) is -0.604. The zero-order valence-electron chi connectivity index (χ0n) is 19.9. The Kier molecular flexibility index (Phi) is 8.70. The normalized spacial score (nSPS) is 14.3. The molecule has 0 saturated heterocycles. The van der Waals surface area contributed by atoms with Crippen LogP contribution in [-0.2, 0) is 17.3 Å². The van der Waals surface area contributed by atoms with Crippen LogP contribution < -0.4 is 14.2 Å². The smallest absolute Gasteiger partial charge is 0.416 e. The van der Waals surface area contributed by atoms with Crippen LogP contribution >= 0.6 is 23.2 Å². The highest BCUT2D eigenvalue weighted by Gasteiger charge is 2.31. The minimum absolute atomic E-state index is 0.0158. The van der Waals surface area contributed by atoms with Crippen LogP contribution in [0.3, 0.4) is 0 Å². The molecule has 208 valence electrons. The van der Waals surface area contributed by atoms with E-state index in [0.29, 0.717) is 4.73 Å². The SMILES string of the molecule is O=C(O[C@@H](Cc1c(Cl)c[n+]([O-])cc1Cl)c1ccc(OC(F)F)c(OCC2CC2)c1)c1ccc(C(F)(F)F)cc1. The summed E-state index contributed by atoms with van der Waals surface area (Å²) >= 11 is 12.4. The Hall–Kier alpha value is -3.31. The molecule has 0 radical (unpaired) electrons. The first kappa shape index (κ1) is 28.7. The van der Waals surface area contributed by atoms with E-state index in [1.807, 2.05) is 0 Å². The third kappa shape index (κ3) is 7.63. The summed E-state index contributed by atoms with van der Waals surface area (Å²) in [4.78, 5) is 12.9. The van der Waals surface area contributed by atoms with E-state index in [1.54, 1.807) is 0 Å². The summed E-state index contributed by atoms with van der Waals surface area (Å²) in [6.45, 7) is -2.85. The van der Waals surface area contributed by atoms with E-state index in [2.05, 4.69) is 4.74 Å². The Balaban J connectivity index is 1.68. The molecule has 1 saturated carbocycles. The summed E-state index contributed by atoms with van der Waals surface area (Å²) < 4.78 is 81.0. The minimum Gasteiger partial charge on any atom is -0.619 e. The molecule has 1 heterocycles. The second-order valence-electron chi connectivity index (χ2n) is 8.80. The number of pyridine rings is 1. The molecule has 0 bridgehead atoms. The van der Waals surface area contributed by atoms with Crippen molar-refractivity contribution in [2.45, 2.75) is 38.2 Å². The fourth-order valence-corrected chi connectivity index (χ4v) is 4.25. The van der Waals surface area contributed by atoms with Crippen LogP contribution in [-0.4, -0.2) is 19.2 Å². The van der Waals surface area contributed by atoms with Gasteiger partial charge in [0.05, 0.1) is 17.7 Å². The van der Waals surface area contributed by atoms with Gasteiger partial charge in [0.15, 0.2) is 23.9 Å². The Bertz CT molecular complexity index is 1310. The highest BCUT2D eigenvalue weighted by Crippen LogP contribution is 2.38. The van der Waals surface area contributed by atoms with Crippen molar-refractivity contribution in [1.82, 2.24) is 0 Å². The summed E-state index contributed by atoms with van der Waals surface area (Å²) in [7, 11) is 0. The standard InChI is InChI=1S/C26H20Cl2F5NO5/c27-19-11-34(36)12-20(28)18(19)10-22(38-24(35)15-3-6-17(7-4-15)26(31,32)33)16-5-8-21(39-25(29)30)23(9-16)37-13-14-1-2-14/h3-9,11-12,14,22,25H,1-2,10,13H2/t22-/m0/s1. The highest BCUT2D eigenvalue weighted by atomic mass is 35.5. The molecule has 1 aliphatic rings. The number of carbonyl (C=O) groups excluding carboxylic acids is 1. The van der Waals surface area contributed by atoms with Gasteiger partial charge in [0.1, 0.15) is 16.1 Å². The number of benzene rings is 2. The predicted octanol–water partition coefficient (Wildman–Crippen LogP) is 7.18. The van der Waals surface area contributed by atoms with Gasteiger partial charge in [0.25, 0.3) is 0 Å². The van der Waals surface area contributed by atoms with Crippen molar-refractivity contribution in [2.75, 3.05) is 6.61 Å². The molecule has 0 unspecified atom stereocenters. The van der Waals surface area contributed by atoms with E-state index in [9.17, 15) is 32.0 Å². The van der Waals surface area contributed by atoms with Crippen molar-refractivity contribution in [3.05, 3.63) is 92.4 Å². The van der Waals surface area contributed by atoms with Crippen LogP contribution in [0.2, 0.25) is 10.0 Å². The molecule has 39 heavy (non-hydrogen) atoms. The number of nitrogens with zero attached hydrogens (tertiary/aromatic N) is 1. The van der Waals surface area contributed by atoms with Crippen LogP contribution in [0, 0.1) is 11.1 Å². The van der Waals surface area contributed by atoms with Crippen molar-refractivity contribution in [3.8, 4) is 11.5 Å². The molecule has 0 amide bonds. The number of esters is 1. The van der Waals surface area contributed by atoms with Crippen molar-refractivity contribution >= 4 is 29.2 Å². The zero-order chi connectivity index (χ0) is 28.3. The van der Waals surface area contributed by atoms with Crippen molar-refractivity contribution in [3.63, 3.8) is 0 Å². The van der Waals surface area contributed by atoms with Crippen LogP contribution in [0.15, 0.2) is 54.9 Å². The van der Waals surface area contributed by atoms with Gasteiger partial charge in [-0.1, -0.05) is 29.3 Å². The molecule has 0 N–H and O–H groups in total. The van der Waals surface area contributed by atoms with E-state index in [0.717, 1.165) is 49.5 Å². The topological polar surface area (TPSA) is 71.7 Å². The lowest BCUT2D eigenvalue weighted by atomic mass is 10.0. The molecular weight excluding hydrogens is 572 g/mol. The summed E-state index contributed by atoms with van der Waals surface area (Å²) in [5, 5.41) is 11.6. The molecule has 6 nitrogen and oxygen atoms in total. The first-order valence-electron chi connectivity index (χ1n) is 11.6. The quantitative estimate of drug-likeness (QED) is 0.108. The number of hydrogen-bond acceptors (Lipinski definition) is 5. The monoisotopic (exact) mass is 591 g/mol. The molecule has 13 heteroatoms. The van der Waals surface area contributed by atoms with Gasteiger partial charge >= 0.3 is 18.8 Å². The van der Waals surface area contributed by atoms with E-state index in [4.69, 9.17) is 32.7 Å². The maximum absolute atomic E-state index is 13.0. The van der Waals surface area contributed by atoms with Crippen LogP contribution in [0.4, 0.5) is 22.0 Å². The maximum Gasteiger partial charge on any atom is 0.416 e. The van der Waals surface area contributed by atoms with Crippen LogP contribution in [0.5, 0.6) is 11.5 Å². The molecule has 1 aromatic heterocycles. The predicted molar refractivity (Wildman–Crippen MR) is 130 cm³/mol. The first-order chi connectivity index (χ1) is 18.4.